The quantitative estimate of drug-likeness (QED) is 0.648. The van der Waals surface area contributed by atoms with Crippen LogP contribution >= 0.6 is 0 Å². The van der Waals surface area contributed by atoms with E-state index < -0.39 is 29.8 Å². The molecule has 8 nitrogen and oxygen atoms in total. The molecule has 3 amide bonds. The standard InChI is InChI=1S/C12H20N2O6/c1-8(11(18)20-3)7-14(2)12(19)13-9(15)5-4-6-10(16)17/h8H,4-7H2,1-3H3,(H,16,17)(H,13,15,19). The predicted octanol–water partition coefficient (Wildman–Crippen LogP) is 0.218. The zero-order valence-corrected chi connectivity index (χ0v) is 11.8. The minimum Gasteiger partial charge on any atom is -0.481 e. The largest absolute Gasteiger partial charge is 0.481 e. The molecule has 0 bridgehead atoms. The van der Waals surface area contributed by atoms with Gasteiger partial charge in [0.1, 0.15) is 0 Å². The molecule has 114 valence electrons. The van der Waals surface area contributed by atoms with Crippen LogP contribution in [0, 0.1) is 5.92 Å². The van der Waals surface area contributed by atoms with E-state index >= 15 is 0 Å². The summed E-state index contributed by atoms with van der Waals surface area (Å²) in [5.74, 6) is -2.49. The van der Waals surface area contributed by atoms with Gasteiger partial charge in [-0.3, -0.25) is 19.7 Å². The van der Waals surface area contributed by atoms with Crippen molar-refractivity contribution in [1.82, 2.24) is 10.2 Å². The summed E-state index contributed by atoms with van der Waals surface area (Å²) in [7, 11) is 2.70. The molecule has 0 aromatic heterocycles. The number of rotatable bonds is 7. The summed E-state index contributed by atoms with van der Waals surface area (Å²) in [5, 5.41) is 10.5. The number of carboxylic acids is 1. The third-order valence-corrected chi connectivity index (χ3v) is 2.54. The Morgan fingerprint density at radius 3 is 2.35 bits per heavy atom. The number of hydrogen-bond donors (Lipinski definition) is 2. The Kier molecular flexibility index (Phi) is 7.95. The van der Waals surface area contributed by atoms with Crippen LogP contribution in [-0.2, 0) is 19.1 Å². The van der Waals surface area contributed by atoms with Gasteiger partial charge in [-0.25, -0.2) is 4.79 Å². The van der Waals surface area contributed by atoms with E-state index in [1.54, 1.807) is 6.92 Å². The SMILES string of the molecule is COC(=O)C(C)CN(C)C(=O)NC(=O)CCCC(=O)O. The highest BCUT2D eigenvalue weighted by molar-refractivity contribution is 5.94. The first-order valence-electron chi connectivity index (χ1n) is 6.12. The summed E-state index contributed by atoms with van der Waals surface area (Å²) >= 11 is 0. The van der Waals surface area contributed by atoms with E-state index in [-0.39, 0.29) is 25.8 Å². The first kappa shape index (κ1) is 17.9. The molecule has 0 radical (unpaired) electrons. The molecular formula is C12H20N2O6. The van der Waals surface area contributed by atoms with Crippen LogP contribution in [0.2, 0.25) is 0 Å². The fourth-order valence-electron chi connectivity index (χ4n) is 1.45. The third-order valence-electron chi connectivity index (χ3n) is 2.54. The fraction of sp³-hybridized carbons (Fsp3) is 0.667. The summed E-state index contributed by atoms with van der Waals surface area (Å²) in [6.45, 7) is 1.71. The first-order chi connectivity index (χ1) is 9.27. The highest BCUT2D eigenvalue weighted by Gasteiger charge is 2.19. The van der Waals surface area contributed by atoms with E-state index in [4.69, 9.17) is 5.11 Å². The van der Waals surface area contributed by atoms with Crippen molar-refractivity contribution in [2.24, 2.45) is 5.92 Å². The number of carbonyl (C=O) groups excluding carboxylic acids is 3. The molecule has 2 N–H and O–H groups in total. The Balaban J connectivity index is 4.09. The second kappa shape index (κ2) is 8.89. The summed E-state index contributed by atoms with van der Waals surface area (Å²) in [6, 6.07) is -0.638. The molecule has 0 aliphatic rings. The van der Waals surface area contributed by atoms with Gasteiger partial charge in [0.25, 0.3) is 0 Å². The molecule has 1 unspecified atom stereocenters. The fourth-order valence-corrected chi connectivity index (χ4v) is 1.45. The zero-order valence-electron chi connectivity index (χ0n) is 11.8. The number of amides is 3. The van der Waals surface area contributed by atoms with Gasteiger partial charge in [-0.1, -0.05) is 6.92 Å². The smallest absolute Gasteiger partial charge is 0.323 e. The van der Waals surface area contributed by atoms with Crippen LogP contribution in [-0.4, -0.2) is 54.6 Å². The number of nitrogens with zero attached hydrogens (tertiary/aromatic N) is 1. The van der Waals surface area contributed by atoms with Gasteiger partial charge in [-0.05, 0) is 6.42 Å². The normalized spacial score (nSPS) is 11.3. The summed E-state index contributed by atoms with van der Waals surface area (Å²) < 4.78 is 4.53. The lowest BCUT2D eigenvalue weighted by Crippen LogP contribution is -2.43. The van der Waals surface area contributed by atoms with Crippen molar-refractivity contribution in [3.8, 4) is 0 Å². The molecule has 8 heteroatoms. The Hall–Kier alpha value is -2.12. The number of nitrogens with one attached hydrogen (secondary N) is 1. The molecule has 0 rings (SSSR count). The number of methoxy groups -OCH3 is 1. The van der Waals surface area contributed by atoms with Crippen LogP contribution in [0.15, 0.2) is 0 Å². The van der Waals surface area contributed by atoms with E-state index in [1.165, 1.54) is 19.1 Å². The van der Waals surface area contributed by atoms with Crippen molar-refractivity contribution in [2.75, 3.05) is 20.7 Å². The van der Waals surface area contributed by atoms with Gasteiger partial charge in [0, 0.05) is 26.4 Å². The van der Waals surface area contributed by atoms with Gasteiger partial charge in [0.2, 0.25) is 5.91 Å². The minimum atomic E-state index is -0.992. The maximum absolute atomic E-state index is 11.6. The van der Waals surface area contributed by atoms with Gasteiger partial charge in [0.05, 0.1) is 13.0 Å². The van der Waals surface area contributed by atoms with Crippen LogP contribution in [0.5, 0.6) is 0 Å². The number of urea groups is 1. The topological polar surface area (TPSA) is 113 Å². The van der Waals surface area contributed by atoms with Crippen LogP contribution in [0.25, 0.3) is 0 Å². The van der Waals surface area contributed by atoms with Gasteiger partial charge >= 0.3 is 18.0 Å². The van der Waals surface area contributed by atoms with Gasteiger partial charge in [0.15, 0.2) is 0 Å². The lowest BCUT2D eigenvalue weighted by atomic mass is 10.2. The summed E-state index contributed by atoms with van der Waals surface area (Å²) in [6.07, 6.45) is -0.00795. The number of carbonyl (C=O) groups is 4. The number of hydrogen-bond acceptors (Lipinski definition) is 5. The van der Waals surface area contributed by atoms with Gasteiger partial charge < -0.3 is 14.7 Å². The predicted molar refractivity (Wildman–Crippen MR) is 68.8 cm³/mol. The number of esters is 1. The van der Waals surface area contributed by atoms with E-state index in [1.807, 2.05) is 0 Å². The first-order valence-corrected chi connectivity index (χ1v) is 6.12. The average Bonchev–Trinajstić information content (AvgIpc) is 2.36. The maximum Gasteiger partial charge on any atom is 0.323 e. The molecule has 0 heterocycles. The average molecular weight is 288 g/mol. The van der Waals surface area contributed by atoms with Crippen LogP contribution in [0.1, 0.15) is 26.2 Å². The van der Waals surface area contributed by atoms with Crippen molar-refractivity contribution in [1.29, 1.82) is 0 Å². The molecule has 0 aromatic rings. The Bertz CT molecular complexity index is 382. The monoisotopic (exact) mass is 288 g/mol. The second-order valence-corrected chi connectivity index (χ2v) is 4.41. The minimum absolute atomic E-state index is 0.0432. The summed E-state index contributed by atoms with van der Waals surface area (Å²) in [4.78, 5) is 45.7. The maximum atomic E-state index is 11.6. The molecule has 20 heavy (non-hydrogen) atoms. The Morgan fingerprint density at radius 2 is 1.85 bits per heavy atom. The number of carboxylic acid groups (broad SMARTS) is 1. The van der Waals surface area contributed by atoms with Crippen molar-refractivity contribution in [3.05, 3.63) is 0 Å². The molecule has 0 aliphatic heterocycles. The highest BCUT2D eigenvalue weighted by atomic mass is 16.5. The van der Waals surface area contributed by atoms with Crippen LogP contribution in [0.3, 0.4) is 0 Å². The van der Waals surface area contributed by atoms with Crippen LogP contribution < -0.4 is 5.32 Å². The molecule has 0 aliphatic carbocycles. The van der Waals surface area contributed by atoms with E-state index in [0.29, 0.717) is 0 Å². The molecular weight excluding hydrogens is 268 g/mol. The third kappa shape index (κ3) is 7.34. The molecule has 0 aromatic carbocycles. The number of ether oxygens (including phenoxy) is 1. The zero-order chi connectivity index (χ0) is 15.7. The molecule has 0 fully saturated rings. The van der Waals surface area contributed by atoms with Crippen LogP contribution in [0.4, 0.5) is 4.79 Å². The van der Waals surface area contributed by atoms with E-state index in [0.717, 1.165) is 0 Å². The van der Waals surface area contributed by atoms with Gasteiger partial charge in [-0.2, -0.15) is 0 Å². The lowest BCUT2D eigenvalue weighted by Gasteiger charge is -2.20. The number of aliphatic carboxylic acids is 1. The van der Waals surface area contributed by atoms with Crippen molar-refractivity contribution < 1.29 is 29.0 Å². The molecule has 0 saturated carbocycles. The van der Waals surface area contributed by atoms with Crippen molar-refractivity contribution >= 4 is 23.9 Å². The summed E-state index contributed by atoms with van der Waals surface area (Å²) in [5.41, 5.74) is 0. The highest BCUT2D eigenvalue weighted by Crippen LogP contribution is 2.01. The number of imide groups is 1. The molecule has 0 saturated heterocycles. The van der Waals surface area contributed by atoms with Crippen molar-refractivity contribution in [2.45, 2.75) is 26.2 Å². The van der Waals surface area contributed by atoms with E-state index in [9.17, 15) is 19.2 Å². The second-order valence-electron chi connectivity index (χ2n) is 4.41. The van der Waals surface area contributed by atoms with Crippen molar-refractivity contribution in [3.63, 3.8) is 0 Å². The lowest BCUT2D eigenvalue weighted by molar-refractivity contribution is -0.145. The van der Waals surface area contributed by atoms with E-state index in [2.05, 4.69) is 10.1 Å². The van der Waals surface area contributed by atoms with Gasteiger partial charge in [-0.15, -0.1) is 0 Å². The molecule has 1 atom stereocenters. The molecule has 0 spiro atoms. The Labute approximate surface area is 117 Å². The Morgan fingerprint density at radius 1 is 1.25 bits per heavy atom.